The van der Waals surface area contributed by atoms with Crippen molar-refractivity contribution in [2.24, 2.45) is 0 Å². The van der Waals surface area contributed by atoms with Crippen LogP contribution in [0.2, 0.25) is 25.7 Å². The number of aliphatic hydroxyl groups is 1. The van der Waals surface area contributed by atoms with Crippen molar-refractivity contribution < 1.29 is 9.84 Å². The van der Waals surface area contributed by atoms with Crippen LogP contribution in [0.3, 0.4) is 0 Å². The standard InChI is InChI=1S/C26H38N4O2Si/c1-8-9-20(2)30-18-24(21-15-28-29(17-21)19-32-12-13-33(5,6)7)23-14-22(27-16-25(23)30)10-11-26(3,4)31/h14-18,20,31H,8-9,12-13,19H2,1-7H3. The van der Waals surface area contributed by atoms with Crippen molar-refractivity contribution in [2.45, 2.75) is 84.6 Å². The summed E-state index contributed by atoms with van der Waals surface area (Å²) in [7, 11) is -1.10. The van der Waals surface area contributed by atoms with Crippen molar-refractivity contribution in [1.29, 1.82) is 0 Å². The molecule has 3 aromatic rings. The van der Waals surface area contributed by atoms with E-state index in [-0.39, 0.29) is 0 Å². The molecule has 7 heteroatoms. The second kappa shape index (κ2) is 10.2. The van der Waals surface area contributed by atoms with Crippen LogP contribution >= 0.6 is 0 Å². The monoisotopic (exact) mass is 466 g/mol. The first-order valence-corrected chi connectivity index (χ1v) is 15.5. The number of hydrogen-bond donors (Lipinski definition) is 1. The molecule has 0 bridgehead atoms. The molecular weight excluding hydrogens is 428 g/mol. The lowest BCUT2D eigenvalue weighted by molar-refractivity contribution is 0.0786. The van der Waals surface area contributed by atoms with Gasteiger partial charge in [-0.2, -0.15) is 5.10 Å². The predicted molar refractivity (Wildman–Crippen MR) is 138 cm³/mol. The first kappa shape index (κ1) is 25.2. The molecule has 0 aliphatic carbocycles. The van der Waals surface area contributed by atoms with Crippen molar-refractivity contribution >= 4 is 19.0 Å². The highest BCUT2D eigenvalue weighted by Gasteiger charge is 2.17. The average molecular weight is 467 g/mol. The van der Waals surface area contributed by atoms with Crippen molar-refractivity contribution in [1.82, 2.24) is 19.3 Å². The van der Waals surface area contributed by atoms with E-state index in [0.717, 1.165) is 47.5 Å². The molecule has 0 amide bonds. The molecule has 1 atom stereocenters. The first-order valence-electron chi connectivity index (χ1n) is 11.8. The third-order valence-corrected chi connectivity index (χ3v) is 7.27. The summed E-state index contributed by atoms with van der Waals surface area (Å²) < 4.78 is 10.0. The van der Waals surface area contributed by atoms with Gasteiger partial charge in [-0.05, 0) is 45.2 Å². The summed E-state index contributed by atoms with van der Waals surface area (Å²) in [5.41, 5.74) is 2.82. The van der Waals surface area contributed by atoms with Gasteiger partial charge in [-0.1, -0.05) is 38.9 Å². The molecule has 3 aromatic heterocycles. The Labute approximate surface area is 199 Å². The third-order valence-electron chi connectivity index (χ3n) is 5.56. The third kappa shape index (κ3) is 7.04. The molecule has 0 aliphatic heterocycles. The zero-order valence-electron chi connectivity index (χ0n) is 21.1. The number of aromatic nitrogens is 4. The Morgan fingerprint density at radius 3 is 2.64 bits per heavy atom. The SMILES string of the molecule is CCCC(C)n1cc(-c2cnn(COCC[Si](C)(C)C)c2)c2cc(C#CC(C)(C)O)ncc21. The maximum absolute atomic E-state index is 9.97. The molecule has 1 N–H and O–H groups in total. The molecular formula is C26H38N4O2Si. The van der Waals surface area contributed by atoms with E-state index in [2.05, 4.69) is 66.2 Å². The lowest BCUT2D eigenvalue weighted by Crippen LogP contribution is -2.22. The Morgan fingerprint density at radius 1 is 1.21 bits per heavy atom. The van der Waals surface area contributed by atoms with Crippen LogP contribution in [0.25, 0.3) is 22.0 Å². The van der Waals surface area contributed by atoms with Gasteiger partial charge in [-0.15, -0.1) is 0 Å². The zero-order valence-corrected chi connectivity index (χ0v) is 22.1. The lowest BCUT2D eigenvalue weighted by atomic mass is 10.1. The summed E-state index contributed by atoms with van der Waals surface area (Å²) in [6.45, 7) is 16.1. The van der Waals surface area contributed by atoms with Crippen molar-refractivity contribution in [2.75, 3.05) is 6.61 Å². The van der Waals surface area contributed by atoms with Gasteiger partial charge in [-0.3, -0.25) is 0 Å². The van der Waals surface area contributed by atoms with E-state index in [1.807, 2.05) is 29.3 Å². The number of rotatable bonds is 9. The molecule has 0 fully saturated rings. The minimum absolute atomic E-state index is 0.362. The lowest BCUT2D eigenvalue weighted by Gasteiger charge is -2.15. The second-order valence-corrected chi connectivity index (χ2v) is 16.2. The molecule has 3 heterocycles. The highest BCUT2D eigenvalue weighted by Crippen LogP contribution is 2.33. The van der Waals surface area contributed by atoms with E-state index in [1.54, 1.807) is 13.8 Å². The van der Waals surface area contributed by atoms with Crippen LogP contribution in [0.1, 0.15) is 52.3 Å². The second-order valence-electron chi connectivity index (χ2n) is 10.6. The normalized spacial score (nSPS) is 13.2. The van der Waals surface area contributed by atoms with Crippen LogP contribution in [-0.4, -0.2) is 44.7 Å². The number of ether oxygens (including phenoxy) is 1. The largest absolute Gasteiger partial charge is 0.378 e. The molecule has 33 heavy (non-hydrogen) atoms. The van der Waals surface area contributed by atoms with E-state index in [4.69, 9.17) is 4.74 Å². The summed E-state index contributed by atoms with van der Waals surface area (Å²) >= 11 is 0. The van der Waals surface area contributed by atoms with E-state index >= 15 is 0 Å². The van der Waals surface area contributed by atoms with Crippen molar-refractivity contribution in [3.63, 3.8) is 0 Å². The van der Waals surface area contributed by atoms with E-state index in [9.17, 15) is 5.11 Å². The molecule has 1 unspecified atom stereocenters. The summed E-state index contributed by atoms with van der Waals surface area (Å²) in [4.78, 5) is 4.55. The molecule has 0 spiro atoms. The number of nitrogens with zero attached hydrogens (tertiary/aromatic N) is 4. The fourth-order valence-electron chi connectivity index (χ4n) is 3.69. The van der Waals surface area contributed by atoms with Crippen LogP contribution in [0, 0.1) is 11.8 Å². The first-order chi connectivity index (χ1) is 15.5. The molecule has 0 aromatic carbocycles. The Bertz CT molecular complexity index is 1140. The van der Waals surface area contributed by atoms with Gasteiger partial charge in [0.05, 0.1) is 17.9 Å². The summed E-state index contributed by atoms with van der Waals surface area (Å²) in [5.74, 6) is 5.87. The number of hydrogen-bond acceptors (Lipinski definition) is 4. The molecule has 0 saturated carbocycles. The van der Waals surface area contributed by atoms with E-state index in [1.165, 1.54) is 0 Å². The minimum Gasteiger partial charge on any atom is -0.378 e. The van der Waals surface area contributed by atoms with Crippen molar-refractivity contribution in [3.8, 4) is 23.0 Å². The van der Waals surface area contributed by atoms with Crippen molar-refractivity contribution in [3.05, 3.63) is 36.5 Å². The van der Waals surface area contributed by atoms with E-state index < -0.39 is 13.7 Å². The van der Waals surface area contributed by atoms with E-state index in [0.29, 0.717) is 18.5 Å². The van der Waals surface area contributed by atoms with Gasteiger partial charge in [-0.25, -0.2) is 9.67 Å². The summed E-state index contributed by atoms with van der Waals surface area (Å²) in [6, 6.07) is 3.52. The fourth-order valence-corrected chi connectivity index (χ4v) is 4.45. The van der Waals surface area contributed by atoms with Gasteiger partial charge < -0.3 is 14.4 Å². The van der Waals surface area contributed by atoms with Gasteiger partial charge >= 0.3 is 0 Å². The van der Waals surface area contributed by atoms with Crippen LogP contribution in [0.5, 0.6) is 0 Å². The molecule has 178 valence electrons. The minimum atomic E-state index is -1.10. The maximum atomic E-state index is 9.97. The number of fused-ring (bicyclic) bond motifs is 1. The van der Waals surface area contributed by atoms with Gasteiger partial charge in [0.2, 0.25) is 0 Å². The molecule has 0 radical (unpaired) electrons. The smallest absolute Gasteiger partial charge is 0.139 e. The molecule has 0 aliphatic rings. The van der Waals surface area contributed by atoms with Gasteiger partial charge in [0.25, 0.3) is 0 Å². The number of pyridine rings is 1. The highest BCUT2D eigenvalue weighted by molar-refractivity contribution is 6.76. The Morgan fingerprint density at radius 2 is 1.97 bits per heavy atom. The van der Waals surface area contributed by atoms with Gasteiger partial charge in [0, 0.05) is 49.6 Å². The Hall–Kier alpha value is -2.40. The van der Waals surface area contributed by atoms with Crippen LogP contribution in [0.15, 0.2) is 30.9 Å². The predicted octanol–water partition coefficient (Wildman–Crippen LogP) is 5.70. The summed E-state index contributed by atoms with van der Waals surface area (Å²) in [6.07, 6.45) is 10.2. The highest BCUT2D eigenvalue weighted by atomic mass is 28.3. The van der Waals surface area contributed by atoms with Crippen LogP contribution < -0.4 is 0 Å². The molecule has 0 saturated heterocycles. The van der Waals surface area contributed by atoms with Crippen LogP contribution in [-0.2, 0) is 11.5 Å². The zero-order chi connectivity index (χ0) is 24.2. The molecule has 6 nitrogen and oxygen atoms in total. The fraction of sp³-hybridized carbons (Fsp3) is 0.538. The quantitative estimate of drug-likeness (QED) is 0.250. The average Bonchev–Trinajstić information content (AvgIpc) is 3.33. The topological polar surface area (TPSA) is 65.1 Å². The van der Waals surface area contributed by atoms with Crippen LogP contribution in [0.4, 0.5) is 0 Å². The molecule has 3 rings (SSSR count). The van der Waals surface area contributed by atoms with Gasteiger partial charge in [0.15, 0.2) is 0 Å². The van der Waals surface area contributed by atoms with Gasteiger partial charge in [0.1, 0.15) is 18.0 Å². The Kier molecular flexibility index (Phi) is 7.83. The maximum Gasteiger partial charge on any atom is 0.139 e. The summed E-state index contributed by atoms with van der Waals surface area (Å²) in [5, 5.41) is 15.6. The Balaban J connectivity index is 1.93.